The number of fused-ring (bicyclic) bond motifs is 5. The number of imidazole rings is 1. The molecule has 0 radical (unpaired) electrons. The van der Waals surface area contributed by atoms with Gasteiger partial charge in [-0.25, -0.2) is 15.0 Å². The number of hydrogen-bond acceptors (Lipinski definition) is 8. The van der Waals surface area contributed by atoms with Crippen molar-refractivity contribution in [2.45, 2.75) is 13.0 Å². The van der Waals surface area contributed by atoms with Crippen molar-refractivity contribution in [1.82, 2.24) is 19.5 Å². The van der Waals surface area contributed by atoms with Gasteiger partial charge in [-0.05, 0) is 48.9 Å². The second-order valence-electron chi connectivity index (χ2n) is 9.51. The maximum atomic E-state index is 6.18. The molecular weight excluding hydrogens is 468 g/mol. The molecule has 0 amide bonds. The van der Waals surface area contributed by atoms with Crippen molar-refractivity contribution < 1.29 is 14.2 Å². The lowest BCUT2D eigenvalue weighted by molar-refractivity contribution is 0.0706. The Morgan fingerprint density at radius 2 is 1.95 bits per heavy atom. The van der Waals surface area contributed by atoms with Crippen molar-refractivity contribution >= 4 is 39.1 Å². The van der Waals surface area contributed by atoms with Crippen LogP contribution in [0, 0.1) is 6.92 Å². The minimum atomic E-state index is 0.230. The summed E-state index contributed by atoms with van der Waals surface area (Å²) in [5, 5.41) is 4.42. The standard InChI is InChI=1S/C28H26N6O3/c1-17-9-18(3-6-26(17)37-20-4-5-24-23(10-20)31-16-33(24)2)32-28-21-11-25-27(12-22(21)29-15-30-28)36-14-19-13-35-8-7-34(19)25/h3-6,9-12,15-16,19H,7-8,13-14H2,1-2H3,(H,29,30,32)/t19-/m0/s1. The molecule has 5 aromatic rings. The lowest BCUT2D eigenvalue weighted by Gasteiger charge is -2.41. The Morgan fingerprint density at radius 1 is 1.00 bits per heavy atom. The zero-order valence-corrected chi connectivity index (χ0v) is 20.6. The second kappa shape index (κ2) is 8.63. The molecule has 0 spiro atoms. The van der Waals surface area contributed by atoms with Crippen LogP contribution in [0.4, 0.5) is 17.2 Å². The fourth-order valence-electron chi connectivity index (χ4n) is 5.09. The van der Waals surface area contributed by atoms with Gasteiger partial charge >= 0.3 is 0 Å². The van der Waals surface area contributed by atoms with Gasteiger partial charge in [0.05, 0.1) is 47.8 Å². The van der Waals surface area contributed by atoms with Crippen LogP contribution in [-0.2, 0) is 11.8 Å². The maximum absolute atomic E-state index is 6.18. The molecule has 0 aliphatic carbocycles. The highest BCUT2D eigenvalue weighted by atomic mass is 16.5. The summed E-state index contributed by atoms with van der Waals surface area (Å²) in [4.78, 5) is 15.8. The molecule has 2 aliphatic rings. The lowest BCUT2D eigenvalue weighted by Crippen LogP contribution is -2.51. The molecule has 1 saturated heterocycles. The van der Waals surface area contributed by atoms with E-state index < -0.39 is 0 Å². The second-order valence-corrected chi connectivity index (χ2v) is 9.51. The maximum Gasteiger partial charge on any atom is 0.144 e. The van der Waals surface area contributed by atoms with E-state index >= 15 is 0 Å². The summed E-state index contributed by atoms with van der Waals surface area (Å²) in [6.45, 7) is 4.89. The third kappa shape index (κ3) is 3.88. The Kier molecular flexibility index (Phi) is 5.10. The molecule has 0 bridgehead atoms. The van der Waals surface area contributed by atoms with E-state index in [9.17, 15) is 0 Å². The number of aromatic nitrogens is 4. The van der Waals surface area contributed by atoms with Gasteiger partial charge < -0.3 is 29.0 Å². The van der Waals surface area contributed by atoms with E-state index in [4.69, 9.17) is 14.2 Å². The molecule has 0 unspecified atom stereocenters. The Morgan fingerprint density at radius 3 is 2.86 bits per heavy atom. The van der Waals surface area contributed by atoms with Gasteiger partial charge in [-0.3, -0.25) is 0 Å². The molecule has 1 atom stereocenters. The summed E-state index contributed by atoms with van der Waals surface area (Å²) in [5.41, 5.74) is 5.80. The number of aryl methyl sites for hydroxylation is 2. The largest absolute Gasteiger partial charge is 0.489 e. The van der Waals surface area contributed by atoms with E-state index in [-0.39, 0.29) is 6.04 Å². The number of ether oxygens (including phenoxy) is 3. The molecule has 4 heterocycles. The topological polar surface area (TPSA) is 86.6 Å². The summed E-state index contributed by atoms with van der Waals surface area (Å²) in [5.74, 6) is 3.15. The first-order valence-corrected chi connectivity index (χ1v) is 12.3. The van der Waals surface area contributed by atoms with Crippen molar-refractivity contribution in [3.05, 3.63) is 66.7 Å². The number of hydrogen-bond donors (Lipinski definition) is 1. The Labute approximate surface area is 213 Å². The third-order valence-corrected chi connectivity index (χ3v) is 7.05. The number of anilines is 3. The van der Waals surface area contributed by atoms with Crippen LogP contribution < -0.4 is 19.7 Å². The molecule has 9 nitrogen and oxygen atoms in total. The van der Waals surface area contributed by atoms with Gasteiger partial charge in [-0.2, -0.15) is 0 Å². The molecule has 3 aromatic carbocycles. The minimum Gasteiger partial charge on any atom is -0.489 e. The average Bonchev–Trinajstić information content (AvgIpc) is 3.29. The first-order valence-electron chi connectivity index (χ1n) is 12.3. The number of nitrogens with zero attached hydrogens (tertiary/aromatic N) is 5. The Bertz CT molecular complexity index is 1650. The van der Waals surface area contributed by atoms with Crippen molar-refractivity contribution in [3.63, 3.8) is 0 Å². The lowest BCUT2D eigenvalue weighted by atomic mass is 10.1. The van der Waals surface area contributed by atoms with Crippen molar-refractivity contribution in [3.8, 4) is 17.2 Å². The van der Waals surface area contributed by atoms with Crippen LogP contribution >= 0.6 is 0 Å². The molecule has 7 rings (SSSR count). The van der Waals surface area contributed by atoms with Crippen molar-refractivity contribution in [1.29, 1.82) is 0 Å². The SMILES string of the molecule is Cc1cc(Nc2ncnc3cc4c(cc23)N2CCOC[C@H]2CO4)ccc1Oc1ccc2c(c1)ncn2C. The smallest absolute Gasteiger partial charge is 0.144 e. The highest BCUT2D eigenvalue weighted by molar-refractivity contribution is 5.95. The molecule has 2 aromatic heterocycles. The Hall–Kier alpha value is -4.37. The monoisotopic (exact) mass is 494 g/mol. The fourth-order valence-corrected chi connectivity index (χ4v) is 5.09. The van der Waals surface area contributed by atoms with Crippen LogP contribution in [0.2, 0.25) is 0 Å². The van der Waals surface area contributed by atoms with Gasteiger partial charge in [-0.1, -0.05) is 0 Å². The minimum absolute atomic E-state index is 0.230. The molecule has 186 valence electrons. The van der Waals surface area contributed by atoms with Crippen LogP contribution in [0.5, 0.6) is 17.2 Å². The van der Waals surface area contributed by atoms with E-state index in [1.54, 1.807) is 12.7 Å². The van der Waals surface area contributed by atoms with Crippen LogP contribution in [0.3, 0.4) is 0 Å². The van der Waals surface area contributed by atoms with Crippen LogP contribution in [0.25, 0.3) is 21.9 Å². The summed E-state index contributed by atoms with van der Waals surface area (Å²) >= 11 is 0. The fraction of sp³-hybridized carbons (Fsp3) is 0.250. The molecule has 1 N–H and O–H groups in total. The number of nitrogens with one attached hydrogen (secondary N) is 1. The third-order valence-electron chi connectivity index (χ3n) is 7.05. The number of rotatable bonds is 4. The van der Waals surface area contributed by atoms with Gasteiger partial charge in [0.1, 0.15) is 36.0 Å². The van der Waals surface area contributed by atoms with Gasteiger partial charge in [0, 0.05) is 36.8 Å². The van der Waals surface area contributed by atoms with E-state index in [1.165, 1.54) is 0 Å². The quantitative estimate of drug-likeness (QED) is 0.375. The highest BCUT2D eigenvalue weighted by Crippen LogP contribution is 2.40. The van der Waals surface area contributed by atoms with E-state index in [1.807, 2.05) is 54.9 Å². The molecule has 1 fully saturated rings. The first-order chi connectivity index (χ1) is 18.1. The van der Waals surface area contributed by atoms with Crippen LogP contribution in [0.1, 0.15) is 5.56 Å². The van der Waals surface area contributed by atoms with Gasteiger partial charge in [-0.15, -0.1) is 0 Å². The van der Waals surface area contributed by atoms with Crippen LogP contribution in [0.15, 0.2) is 61.2 Å². The molecule has 0 saturated carbocycles. The molecular formula is C28H26N6O3. The summed E-state index contributed by atoms with van der Waals surface area (Å²) < 4.78 is 19.9. The van der Waals surface area contributed by atoms with E-state index in [0.717, 1.165) is 68.5 Å². The van der Waals surface area contributed by atoms with E-state index in [0.29, 0.717) is 19.8 Å². The molecule has 9 heteroatoms. The predicted octanol–water partition coefficient (Wildman–Crippen LogP) is 4.96. The summed E-state index contributed by atoms with van der Waals surface area (Å²) in [6, 6.07) is 16.3. The van der Waals surface area contributed by atoms with Crippen molar-refractivity contribution in [2.24, 2.45) is 7.05 Å². The first kappa shape index (κ1) is 21.9. The zero-order chi connectivity index (χ0) is 24.9. The normalized spacial score (nSPS) is 16.8. The number of morpholine rings is 1. The summed E-state index contributed by atoms with van der Waals surface area (Å²) in [6.07, 6.45) is 3.38. The predicted molar refractivity (Wildman–Crippen MR) is 142 cm³/mol. The Balaban J connectivity index is 1.17. The average molecular weight is 495 g/mol. The summed E-state index contributed by atoms with van der Waals surface area (Å²) in [7, 11) is 1.98. The molecule has 2 aliphatic heterocycles. The molecule has 37 heavy (non-hydrogen) atoms. The van der Waals surface area contributed by atoms with Gasteiger partial charge in [0.2, 0.25) is 0 Å². The van der Waals surface area contributed by atoms with Gasteiger partial charge in [0.15, 0.2) is 0 Å². The van der Waals surface area contributed by atoms with Crippen LogP contribution in [-0.4, -0.2) is 51.9 Å². The number of benzene rings is 3. The highest BCUT2D eigenvalue weighted by Gasteiger charge is 2.31. The van der Waals surface area contributed by atoms with E-state index in [2.05, 4.69) is 37.3 Å². The van der Waals surface area contributed by atoms with Gasteiger partial charge in [0.25, 0.3) is 0 Å². The zero-order valence-electron chi connectivity index (χ0n) is 20.6. The van der Waals surface area contributed by atoms with Crippen molar-refractivity contribution in [2.75, 3.05) is 36.6 Å².